The van der Waals surface area contributed by atoms with E-state index in [4.69, 9.17) is 21.1 Å². The summed E-state index contributed by atoms with van der Waals surface area (Å²) in [4.78, 5) is 11.8. The number of halogens is 3. The second-order valence-corrected chi connectivity index (χ2v) is 6.50. The van der Waals surface area contributed by atoms with Gasteiger partial charge in [0.05, 0.1) is 23.8 Å². The van der Waals surface area contributed by atoms with Crippen molar-refractivity contribution >= 4 is 29.9 Å². The fraction of sp³-hybridized carbons (Fsp3) is 0.588. The van der Waals surface area contributed by atoms with Gasteiger partial charge >= 0.3 is 0 Å². The van der Waals surface area contributed by atoms with Crippen molar-refractivity contribution in [1.29, 1.82) is 0 Å². The lowest BCUT2D eigenvalue weighted by Gasteiger charge is -2.25. The average molecular weight is 395 g/mol. The summed E-state index contributed by atoms with van der Waals surface area (Å²) >= 11 is 5.75. The second-order valence-electron chi connectivity index (χ2n) is 6.09. The first-order valence-electron chi connectivity index (χ1n) is 8.13. The molecule has 1 saturated heterocycles. The van der Waals surface area contributed by atoms with Crippen LogP contribution in [0.2, 0.25) is 5.02 Å². The number of carbonyl (C=O) groups is 1. The minimum Gasteiger partial charge on any atom is -0.372 e. The maximum absolute atomic E-state index is 13.8. The number of ether oxygens (including phenoxy) is 2. The fourth-order valence-corrected chi connectivity index (χ4v) is 2.68. The Kier molecular flexibility index (Phi) is 9.67. The second kappa shape index (κ2) is 10.9. The van der Waals surface area contributed by atoms with Gasteiger partial charge in [-0.05, 0) is 31.5 Å². The number of rotatable bonds is 6. The summed E-state index contributed by atoms with van der Waals surface area (Å²) in [6.07, 6.45) is -0.304. The number of hydrogen-bond acceptors (Lipinski definition) is 4. The molecule has 0 aliphatic carbocycles. The summed E-state index contributed by atoms with van der Waals surface area (Å²) in [6.45, 7) is 6.10. The van der Waals surface area contributed by atoms with Gasteiger partial charge < -0.3 is 20.1 Å². The molecule has 1 aliphatic heterocycles. The molecule has 0 unspecified atom stereocenters. The van der Waals surface area contributed by atoms with E-state index in [-0.39, 0.29) is 48.1 Å². The molecule has 1 aromatic carbocycles. The van der Waals surface area contributed by atoms with Crippen LogP contribution in [0.5, 0.6) is 0 Å². The number of benzene rings is 1. The Morgan fingerprint density at radius 3 is 2.96 bits per heavy atom. The van der Waals surface area contributed by atoms with E-state index in [0.717, 1.165) is 5.56 Å². The van der Waals surface area contributed by atoms with Crippen LogP contribution in [-0.2, 0) is 14.3 Å². The Morgan fingerprint density at radius 2 is 2.28 bits per heavy atom. The number of nitrogens with one attached hydrogen (secondary N) is 2. The zero-order valence-corrected chi connectivity index (χ0v) is 16.0. The van der Waals surface area contributed by atoms with Gasteiger partial charge in [0, 0.05) is 25.6 Å². The molecular weight excluding hydrogens is 370 g/mol. The molecule has 8 heteroatoms. The summed E-state index contributed by atoms with van der Waals surface area (Å²) in [5.74, 6) is -0.659. The molecule has 25 heavy (non-hydrogen) atoms. The minimum atomic E-state index is -0.469. The standard InChI is InChI=1S/C17H24ClFN2O3.ClH/c1-11(2)24-10-16(22)21-9-13-8-20-5-6-23-17(13)12-3-4-14(18)15(19)7-12;/h3-4,7,11,13,17,20H,5-6,8-10H2,1-2H3,(H,21,22);1H/t13-,17-;/m0./s1. The van der Waals surface area contributed by atoms with Crippen LogP contribution >= 0.6 is 24.0 Å². The third-order valence-corrected chi connectivity index (χ3v) is 4.10. The van der Waals surface area contributed by atoms with Gasteiger partial charge in [-0.3, -0.25) is 4.79 Å². The normalized spacial score (nSPS) is 20.7. The predicted molar refractivity (Wildman–Crippen MR) is 97.8 cm³/mol. The largest absolute Gasteiger partial charge is 0.372 e. The third-order valence-electron chi connectivity index (χ3n) is 3.79. The SMILES string of the molecule is CC(C)OCC(=O)NC[C@@H]1CNCCO[C@H]1c1ccc(Cl)c(F)c1.Cl. The van der Waals surface area contributed by atoms with E-state index >= 15 is 0 Å². The molecule has 5 nitrogen and oxygen atoms in total. The van der Waals surface area contributed by atoms with Gasteiger partial charge in [0.2, 0.25) is 5.91 Å². The van der Waals surface area contributed by atoms with Crippen LogP contribution in [0.3, 0.4) is 0 Å². The van der Waals surface area contributed by atoms with Crippen LogP contribution in [0.4, 0.5) is 4.39 Å². The molecule has 0 radical (unpaired) electrons. The molecule has 2 rings (SSSR count). The predicted octanol–water partition coefficient (Wildman–Crippen LogP) is 2.72. The van der Waals surface area contributed by atoms with Crippen molar-refractivity contribution in [3.05, 3.63) is 34.6 Å². The van der Waals surface area contributed by atoms with Crippen molar-refractivity contribution in [2.24, 2.45) is 5.92 Å². The Balaban J connectivity index is 0.00000312. The lowest BCUT2D eigenvalue weighted by molar-refractivity contribution is -0.127. The highest BCUT2D eigenvalue weighted by atomic mass is 35.5. The van der Waals surface area contributed by atoms with E-state index in [1.54, 1.807) is 6.07 Å². The van der Waals surface area contributed by atoms with E-state index in [9.17, 15) is 9.18 Å². The first-order valence-corrected chi connectivity index (χ1v) is 8.50. The van der Waals surface area contributed by atoms with Gasteiger partial charge in [-0.25, -0.2) is 4.39 Å². The highest BCUT2D eigenvalue weighted by molar-refractivity contribution is 6.30. The first-order chi connectivity index (χ1) is 11.5. The van der Waals surface area contributed by atoms with Crippen molar-refractivity contribution < 1.29 is 18.7 Å². The smallest absolute Gasteiger partial charge is 0.246 e. The van der Waals surface area contributed by atoms with Crippen molar-refractivity contribution in [3.63, 3.8) is 0 Å². The summed E-state index contributed by atoms with van der Waals surface area (Å²) < 4.78 is 24.9. The lowest BCUT2D eigenvalue weighted by atomic mass is 9.95. The van der Waals surface area contributed by atoms with Gasteiger partial charge in [-0.15, -0.1) is 12.4 Å². The minimum absolute atomic E-state index is 0. The van der Waals surface area contributed by atoms with Gasteiger partial charge in [-0.1, -0.05) is 17.7 Å². The molecule has 1 heterocycles. The average Bonchev–Trinajstić information content (AvgIpc) is 2.79. The summed E-state index contributed by atoms with van der Waals surface area (Å²) in [5.41, 5.74) is 0.721. The number of carbonyl (C=O) groups excluding carboxylic acids is 1. The lowest BCUT2D eigenvalue weighted by Crippen LogP contribution is -2.38. The molecule has 2 N–H and O–H groups in total. The summed E-state index contributed by atoms with van der Waals surface area (Å²) in [7, 11) is 0. The Bertz CT molecular complexity index is 561. The van der Waals surface area contributed by atoms with Gasteiger partial charge in [0.25, 0.3) is 0 Å². The molecule has 142 valence electrons. The quantitative estimate of drug-likeness (QED) is 0.778. The van der Waals surface area contributed by atoms with E-state index < -0.39 is 5.82 Å². The van der Waals surface area contributed by atoms with Crippen LogP contribution in [0, 0.1) is 11.7 Å². The van der Waals surface area contributed by atoms with Crippen LogP contribution in [0.15, 0.2) is 18.2 Å². The van der Waals surface area contributed by atoms with E-state index in [1.165, 1.54) is 12.1 Å². The maximum atomic E-state index is 13.8. The van der Waals surface area contributed by atoms with Crippen molar-refractivity contribution in [1.82, 2.24) is 10.6 Å². The third kappa shape index (κ3) is 7.07. The van der Waals surface area contributed by atoms with Crippen molar-refractivity contribution in [3.8, 4) is 0 Å². The number of hydrogen-bond donors (Lipinski definition) is 2. The highest BCUT2D eigenvalue weighted by Crippen LogP contribution is 2.29. The zero-order chi connectivity index (χ0) is 17.5. The molecule has 1 aromatic rings. The summed E-state index contributed by atoms with van der Waals surface area (Å²) in [5, 5.41) is 6.21. The molecule has 1 amide bonds. The molecule has 1 fully saturated rings. The molecule has 0 saturated carbocycles. The van der Waals surface area contributed by atoms with Gasteiger partial charge in [0.1, 0.15) is 12.4 Å². The van der Waals surface area contributed by atoms with E-state index in [2.05, 4.69) is 10.6 Å². The number of amides is 1. The van der Waals surface area contributed by atoms with Gasteiger partial charge in [0.15, 0.2) is 0 Å². The Morgan fingerprint density at radius 1 is 1.52 bits per heavy atom. The monoisotopic (exact) mass is 394 g/mol. The molecular formula is C17H25Cl2FN2O3. The molecule has 0 aromatic heterocycles. The van der Waals surface area contributed by atoms with Crippen molar-refractivity contribution in [2.75, 3.05) is 32.8 Å². The highest BCUT2D eigenvalue weighted by Gasteiger charge is 2.27. The van der Waals surface area contributed by atoms with E-state index in [0.29, 0.717) is 26.2 Å². The van der Waals surface area contributed by atoms with Crippen LogP contribution in [0.1, 0.15) is 25.5 Å². The molecule has 0 bridgehead atoms. The topological polar surface area (TPSA) is 59.6 Å². The molecule has 0 spiro atoms. The fourth-order valence-electron chi connectivity index (χ4n) is 2.56. The Labute approximate surface area is 159 Å². The molecule has 2 atom stereocenters. The maximum Gasteiger partial charge on any atom is 0.246 e. The first kappa shape index (κ1) is 22.1. The van der Waals surface area contributed by atoms with Crippen LogP contribution in [-0.4, -0.2) is 44.9 Å². The van der Waals surface area contributed by atoms with E-state index in [1.807, 2.05) is 13.8 Å². The Hall–Kier alpha value is -0.920. The van der Waals surface area contributed by atoms with Gasteiger partial charge in [-0.2, -0.15) is 0 Å². The van der Waals surface area contributed by atoms with Crippen LogP contribution in [0.25, 0.3) is 0 Å². The zero-order valence-electron chi connectivity index (χ0n) is 14.4. The van der Waals surface area contributed by atoms with Crippen LogP contribution < -0.4 is 10.6 Å². The summed E-state index contributed by atoms with van der Waals surface area (Å²) in [6, 6.07) is 4.69. The molecule has 1 aliphatic rings. The van der Waals surface area contributed by atoms with Crippen molar-refractivity contribution in [2.45, 2.75) is 26.1 Å².